The SMILES string of the molecule is O=C(c1conc1C1CC1)N1CCCC(CC(F)(F)F)C1. The third-order valence-corrected chi connectivity index (χ3v) is 4.12. The van der Waals surface area contributed by atoms with E-state index in [1.54, 1.807) is 0 Å². The Morgan fingerprint density at radius 2 is 2.14 bits per heavy atom. The quantitative estimate of drug-likeness (QED) is 0.860. The second kappa shape index (κ2) is 5.35. The van der Waals surface area contributed by atoms with Gasteiger partial charge in [0, 0.05) is 25.4 Å². The molecule has 0 N–H and O–H groups in total. The maximum atomic E-state index is 12.5. The highest BCUT2D eigenvalue weighted by Gasteiger charge is 2.37. The normalized spacial score (nSPS) is 23.4. The molecular formula is C14H17F3N2O2. The molecule has 2 heterocycles. The van der Waals surface area contributed by atoms with Gasteiger partial charge in [0.15, 0.2) is 0 Å². The molecular weight excluding hydrogens is 285 g/mol. The number of amides is 1. The zero-order valence-corrected chi connectivity index (χ0v) is 11.5. The highest BCUT2D eigenvalue weighted by atomic mass is 19.4. The average Bonchev–Trinajstić information content (AvgIpc) is 3.14. The van der Waals surface area contributed by atoms with Crippen LogP contribution in [0.25, 0.3) is 0 Å². The second-order valence-corrected chi connectivity index (χ2v) is 5.97. The first-order valence-electron chi connectivity index (χ1n) is 7.24. The van der Waals surface area contributed by atoms with E-state index in [1.807, 2.05) is 0 Å². The molecule has 0 spiro atoms. The van der Waals surface area contributed by atoms with Gasteiger partial charge in [-0.1, -0.05) is 5.16 Å². The van der Waals surface area contributed by atoms with Crippen molar-refractivity contribution >= 4 is 5.91 Å². The maximum Gasteiger partial charge on any atom is 0.389 e. The minimum absolute atomic E-state index is 0.160. The molecule has 1 aliphatic heterocycles. The highest BCUT2D eigenvalue weighted by Crippen LogP contribution is 2.41. The van der Waals surface area contributed by atoms with Crippen molar-refractivity contribution < 1.29 is 22.5 Å². The molecule has 0 aromatic carbocycles. The summed E-state index contributed by atoms with van der Waals surface area (Å²) in [7, 11) is 0. The van der Waals surface area contributed by atoms with Gasteiger partial charge in [-0.05, 0) is 31.6 Å². The van der Waals surface area contributed by atoms with Crippen LogP contribution in [0.5, 0.6) is 0 Å². The number of aromatic nitrogens is 1. The number of halogens is 3. The first-order valence-corrected chi connectivity index (χ1v) is 7.24. The fourth-order valence-corrected chi connectivity index (χ4v) is 2.97. The summed E-state index contributed by atoms with van der Waals surface area (Å²) in [6.07, 6.45) is -0.571. The maximum absolute atomic E-state index is 12.5. The fraction of sp³-hybridized carbons (Fsp3) is 0.714. The van der Waals surface area contributed by atoms with E-state index >= 15 is 0 Å². The van der Waals surface area contributed by atoms with Gasteiger partial charge in [-0.25, -0.2) is 0 Å². The molecule has 1 amide bonds. The lowest BCUT2D eigenvalue weighted by atomic mass is 9.94. The third-order valence-electron chi connectivity index (χ3n) is 4.12. The Labute approximate surface area is 120 Å². The summed E-state index contributed by atoms with van der Waals surface area (Å²) in [5.41, 5.74) is 1.09. The molecule has 2 fully saturated rings. The minimum atomic E-state index is -4.17. The van der Waals surface area contributed by atoms with Crippen LogP contribution in [0, 0.1) is 5.92 Å². The van der Waals surface area contributed by atoms with Gasteiger partial charge in [-0.2, -0.15) is 13.2 Å². The lowest BCUT2D eigenvalue weighted by Gasteiger charge is -2.33. The van der Waals surface area contributed by atoms with Crippen LogP contribution in [0.2, 0.25) is 0 Å². The number of alkyl halides is 3. The summed E-state index contributed by atoms with van der Waals surface area (Å²) in [4.78, 5) is 14.0. The van der Waals surface area contributed by atoms with Gasteiger partial charge in [-0.3, -0.25) is 4.79 Å². The Kier molecular flexibility index (Phi) is 3.67. The van der Waals surface area contributed by atoms with Crippen LogP contribution in [0.4, 0.5) is 13.2 Å². The van der Waals surface area contributed by atoms with Crippen molar-refractivity contribution in [1.29, 1.82) is 0 Å². The smallest absolute Gasteiger partial charge is 0.364 e. The molecule has 1 atom stereocenters. The number of rotatable bonds is 3. The minimum Gasteiger partial charge on any atom is -0.364 e. The molecule has 1 saturated heterocycles. The molecule has 2 aliphatic rings. The fourth-order valence-electron chi connectivity index (χ4n) is 2.97. The number of nitrogens with zero attached hydrogens (tertiary/aromatic N) is 2. The molecule has 0 radical (unpaired) electrons. The van der Waals surface area contributed by atoms with E-state index in [2.05, 4.69) is 5.16 Å². The zero-order chi connectivity index (χ0) is 15.0. The van der Waals surface area contributed by atoms with Crippen molar-refractivity contribution in [2.24, 2.45) is 5.92 Å². The molecule has 0 bridgehead atoms. The molecule has 7 heteroatoms. The van der Waals surface area contributed by atoms with Crippen LogP contribution in [-0.2, 0) is 0 Å². The Hall–Kier alpha value is -1.53. The van der Waals surface area contributed by atoms with E-state index in [-0.39, 0.29) is 18.4 Å². The lowest BCUT2D eigenvalue weighted by molar-refractivity contribution is -0.147. The van der Waals surface area contributed by atoms with Crippen LogP contribution in [0.3, 0.4) is 0 Å². The van der Waals surface area contributed by atoms with Crippen molar-refractivity contribution in [3.8, 4) is 0 Å². The standard InChI is InChI=1S/C14H17F3N2O2/c15-14(16,17)6-9-2-1-5-19(7-9)13(20)11-8-21-18-12(11)10-3-4-10/h8-10H,1-7H2. The Morgan fingerprint density at radius 3 is 2.81 bits per heavy atom. The van der Waals surface area contributed by atoms with E-state index in [0.29, 0.717) is 30.6 Å². The van der Waals surface area contributed by atoms with E-state index in [1.165, 1.54) is 11.2 Å². The van der Waals surface area contributed by atoms with Crippen molar-refractivity contribution in [3.63, 3.8) is 0 Å². The number of likely N-dealkylation sites (tertiary alicyclic amines) is 1. The number of piperidine rings is 1. The molecule has 116 valence electrons. The number of hydrogen-bond acceptors (Lipinski definition) is 3. The number of carbonyl (C=O) groups is 1. The molecule has 4 nitrogen and oxygen atoms in total. The summed E-state index contributed by atoms with van der Waals surface area (Å²) in [5.74, 6) is -0.476. The topological polar surface area (TPSA) is 46.3 Å². The lowest BCUT2D eigenvalue weighted by Crippen LogP contribution is -2.41. The highest BCUT2D eigenvalue weighted by molar-refractivity contribution is 5.95. The van der Waals surface area contributed by atoms with Crippen LogP contribution >= 0.6 is 0 Å². The molecule has 1 aromatic rings. The van der Waals surface area contributed by atoms with Crippen molar-refractivity contribution in [1.82, 2.24) is 10.1 Å². The van der Waals surface area contributed by atoms with Crippen molar-refractivity contribution in [3.05, 3.63) is 17.5 Å². The Bertz CT molecular complexity index is 523. The summed E-state index contributed by atoms with van der Waals surface area (Å²) in [6, 6.07) is 0. The predicted molar refractivity (Wildman–Crippen MR) is 67.8 cm³/mol. The summed E-state index contributed by atoms with van der Waals surface area (Å²) in [6.45, 7) is 0.663. The van der Waals surface area contributed by atoms with Gasteiger partial charge >= 0.3 is 6.18 Å². The van der Waals surface area contributed by atoms with E-state index in [9.17, 15) is 18.0 Å². The molecule has 1 unspecified atom stereocenters. The summed E-state index contributed by atoms with van der Waals surface area (Å²) >= 11 is 0. The average molecular weight is 302 g/mol. The van der Waals surface area contributed by atoms with Gasteiger partial charge in [-0.15, -0.1) is 0 Å². The van der Waals surface area contributed by atoms with Crippen LogP contribution in [-0.4, -0.2) is 35.2 Å². The summed E-state index contributed by atoms with van der Waals surface area (Å²) in [5, 5.41) is 3.87. The zero-order valence-electron chi connectivity index (χ0n) is 11.5. The molecule has 3 rings (SSSR count). The third kappa shape index (κ3) is 3.39. The van der Waals surface area contributed by atoms with Crippen LogP contribution < -0.4 is 0 Å². The van der Waals surface area contributed by atoms with Crippen molar-refractivity contribution in [2.75, 3.05) is 13.1 Å². The molecule has 1 aromatic heterocycles. The Balaban J connectivity index is 1.68. The largest absolute Gasteiger partial charge is 0.389 e. The van der Waals surface area contributed by atoms with E-state index in [4.69, 9.17) is 4.52 Å². The van der Waals surface area contributed by atoms with Crippen LogP contribution in [0.15, 0.2) is 10.8 Å². The molecule has 21 heavy (non-hydrogen) atoms. The monoisotopic (exact) mass is 302 g/mol. The van der Waals surface area contributed by atoms with E-state index < -0.39 is 18.5 Å². The van der Waals surface area contributed by atoms with E-state index in [0.717, 1.165) is 12.8 Å². The summed E-state index contributed by atoms with van der Waals surface area (Å²) < 4.78 is 42.4. The predicted octanol–water partition coefficient (Wildman–Crippen LogP) is 3.36. The Morgan fingerprint density at radius 1 is 1.38 bits per heavy atom. The van der Waals surface area contributed by atoms with Gasteiger partial charge in [0.25, 0.3) is 5.91 Å². The van der Waals surface area contributed by atoms with Gasteiger partial charge in [0.05, 0.1) is 5.69 Å². The van der Waals surface area contributed by atoms with Gasteiger partial charge in [0.1, 0.15) is 11.8 Å². The van der Waals surface area contributed by atoms with Crippen LogP contribution in [0.1, 0.15) is 54.1 Å². The first kappa shape index (κ1) is 14.4. The van der Waals surface area contributed by atoms with Gasteiger partial charge < -0.3 is 9.42 Å². The number of carbonyl (C=O) groups excluding carboxylic acids is 1. The molecule has 1 aliphatic carbocycles. The first-order chi connectivity index (χ1) is 9.94. The van der Waals surface area contributed by atoms with Gasteiger partial charge in [0.2, 0.25) is 0 Å². The molecule has 1 saturated carbocycles. The second-order valence-electron chi connectivity index (χ2n) is 5.97. The number of hydrogen-bond donors (Lipinski definition) is 0. The van der Waals surface area contributed by atoms with Crippen molar-refractivity contribution in [2.45, 2.75) is 44.2 Å².